The van der Waals surface area contributed by atoms with Crippen LogP contribution in [0.3, 0.4) is 0 Å². The Morgan fingerprint density at radius 2 is 2.04 bits per heavy atom. The molecule has 1 fully saturated rings. The molecule has 0 aromatic heterocycles. The van der Waals surface area contributed by atoms with E-state index in [-0.39, 0.29) is 30.0 Å². The van der Waals surface area contributed by atoms with Gasteiger partial charge in [-0.3, -0.25) is 9.59 Å². The molecule has 1 aromatic rings. The molecule has 1 aliphatic rings. The van der Waals surface area contributed by atoms with E-state index in [4.69, 9.17) is 0 Å². The van der Waals surface area contributed by atoms with Gasteiger partial charge in [0.2, 0.25) is 11.8 Å². The Labute approximate surface area is 142 Å². The minimum Gasteiger partial charge on any atom is -0.344 e. The molecule has 5 nitrogen and oxygen atoms in total. The van der Waals surface area contributed by atoms with Crippen molar-refractivity contribution in [3.05, 3.63) is 35.6 Å². The molecule has 2 rings (SSSR count). The van der Waals surface area contributed by atoms with Crippen molar-refractivity contribution in [2.24, 2.45) is 5.92 Å². The van der Waals surface area contributed by atoms with Crippen LogP contribution < -0.4 is 5.32 Å². The number of amides is 2. The molecule has 6 heteroatoms. The van der Waals surface area contributed by atoms with Crippen LogP contribution in [0.15, 0.2) is 24.3 Å². The van der Waals surface area contributed by atoms with Gasteiger partial charge in [0.15, 0.2) is 0 Å². The first-order chi connectivity index (χ1) is 11.5. The maximum atomic E-state index is 12.9. The number of carbonyl (C=O) groups is 2. The number of hydrogen-bond acceptors (Lipinski definition) is 3. The molecule has 1 aromatic carbocycles. The van der Waals surface area contributed by atoms with Crippen molar-refractivity contribution in [3.8, 4) is 0 Å². The molecule has 0 bridgehead atoms. The van der Waals surface area contributed by atoms with E-state index in [9.17, 15) is 14.0 Å². The first kappa shape index (κ1) is 18.4. The van der Waals surface area contributed by atoms with Gasteiger partial charge in [0.25, 0.3) is 0 Å². The van der Waals surface area contributed by atoms with Crippen LogP contribution in [0, 0.1) is 11.7 Å². The van der Waals surface area contributed by atoms with Crippen molar-refractivity contribution in [2.75, 3.05) is 40.3 Å². The number of rotatable bonds is 6. The van der Waals surface area contributed by atoms with Gasteiger partial charge in [0.05, 0.1) is 12.3 Å². The van der Waals surface area contributed by atoms with E-state index >= 15 is 0 Å². The normalized spacial score (nSPS) is 17.6. The van der Waals surface area contributed by atoms with Crippen molar-refractivity contribution in [3.63, 3.8) is 0 Å². The highest BCUT2D eigenvalue weighted by Gasteiger charge is 2.29. The summed E-state index contributed by atoms with van der Waals surface area (Å²) < 4.78 is 12.9. The topological polar surface area (TPSA) is 52.7 Å². The molecule has 1 unspecified atom stereocenters. The van der Waals surface area contributed by atoms with E-state index in [1.807, 2.05) is 7.05 Å². The maximum Gasteiger partial charge on any atom is 0.227 e. The summed E-state index contributed by atoms with van der Waals surface area (Å²) in [4.78, 5) is 28.4. The average Bonchev–Trinajstić information content (AvgIpc) is 2.61. The lowest BCUT2D eigenvalue weighted by molar-refractivity contribution is -0.139. The molecule has 1 saturated heterocycles. The Morgan fingerprint density at radius 1 is 1.33 bits per heavy atom. The van der Waals surface area contributed by atoms with Gasteiger partial charge in [-0.2, -0.15) is 0 Å². The van der Waals surface area contributed by atoms with Gasteiger partial charge in [-0.05, 0) is 37.6 Å². The highest BCUT2D eigenvalue weighted by atomic mass is 19.1. The minimum atomic E-state index is -0.306. The van der Waals surface area contributed by atoms with Crippen molar-refractivity contribution >= 4 is 11.8 Å². The summed E-state index contributed by atoms with van der Waals surface area (Å²) in [5, 5.41) is 3.03. The lowest BCUT2D eigenvalue weighted by Crippen LogP contribution is -2.47. The number of hydrogen-bond donors (Lipinski definition) is 1. The third-order valence-electron chi connectivity index (χ3n) is 4.47. The zero-order chi connectivity index (χ0) is 17.5. The van der Waals surface area contributed by atoms with Crippen LogP contribution in [0.5, 0.6) is 0 Å². The van der Waals surface area contributed by atoms with Gasteiger partial charge in [0, 0.05) is 33.2 Å². The number of piperidine rings is 1. The summed E-state index contributed by atoms with van der Waals surface area (Å²) in [5.74, 6) is -0.335. The fourth-order valence-electron chi connectivity index (χ4n) is 3.00. The lowest BCUT2D eigenvalue weighted by Gasteiger charge is -2.34. The third kappa shape index (κ3) is 5.03. The van der Waals surface area contributed by atoms with E-state index < -0.39 is 0 Å². The van der Waals surface area contributed by atoms with Crippen LogP contribution in [0.4, 0.5) is 4.39 Å². The molecular formula is C18H26FN3O2. The molecule has 0 radical (unpaired) electrons. The molecule has 0 spiro atoms. The second-order valence-corrected chi connectivity index (χ2v) is 6.35. The van der Waals surface area contributed by atoms with Crippen molar-refractivity contribution in [2.45, 2.75) is 19.3 Å². The van der Waals surface area contributed by atoms with E-state index in [2.05, 4.69) is 5.32 Å². The number of benzene rings is 1. The van der Waals surface area contributed by atoms with Crippen LogP contribution in [0.25, 0.3) is 0 Å². The quantitative estimate of drug-likeness (QED) is 0.852. The minimum absolute atomic E-state index is 0.00279. The van der Waals surface area contributed by atoms with E-state index in [0.717, 1.165) is 24.9 Å². The van der Waals surface area contributed by atoms with Gasteiger partial charge >= 0.3 is 0 Å². The molecule has 1 atom stereocenters. The van der Waals surface area contributed by atoms with Crippen molar-refractivity contribution in [1.29, 1.82) is 0 Å². The van der Waals surface area contributed by atoms with Crippen LogP contribution in [0.1, 0.15) is 18.4 Å². The molecule has 132 valence electrons. The Bertz CT molecular complexity index is 562. The van der Waals surface area contributed by atoms with Crippen molar-refractivity contribution < 1.29 is 14.0 Å². The number of likely N-dealkylation sites (tertiary alicyclic amines) is 1. The molecule has 0 saturated carbocycles. The zero-order valence-corrected chi connectivity index (χ0v) is 14.4. The number of halogens is 1. The second-order valence-electron chi connectivity index (χ2n) is 6.35. The fraction of sp³-hybridized carbons (Fsp3) is 0.556. The first-order valence-electron chi connectivity index (χ1n) is 8.43. The van der Waals surface area contributed by atoms with E-state index in [0.29, 0.717) is 19.6 Å². The van der Waals surface area contributed by atoms with Gasteiger partial charge in [-0.1, -0.05) is 12.1 Å². The number of likely N-dealkylation sites (N-methyl/N-ethyl adjacent to an activating group) is 2. The largest absolute Gasteiger partial charge is 0.344 e. The Hall–Kier alpha value is -1.95. The number of carbonyl (C=O) groups excluding carboxylic acids is 2. The maximum absolute atomic E-state index is 12.9. The standard InChI is InChI=1S/C18H26FN3O2/c1-20-9-11-21(2)18(24)15-4-3-10-22(13-15)17(23)12-14-5-7-16(19)8-6-14/h5-8,15,20H,3-4,9-13H2,1-2H3. The predicted molar refractivity (Wildman–Crippen MR) is 91.0 cm³/mol. The van der Waals surface area contributed by atoms with Crippen LogP contribution in [-0.4, -0.2) is 61.9 Å². The molecule has 1 aliphatic heterocycles. The third-order valence-corrected chi connectivity index (χ3v) is 4.47. The van der Waals surface area contributed by atoms with Gasteiger partial charge in [-0.15, -0.1) is 0 Å². The highest BCUT2D eigenvalue weighted by Crippen LogP contribution is 2.19. The molecular weight excluding hydrogens is 309 g/mol. The van der Waals surface area contributed by atoms with Crippen LogP contribution in [0.2, 0.25) is 0 Å². The summed E-state index contributed by atoms with van der Waals surface area (Å²) >= 11 is 0. The summed E-state index contributed by atoms with van der Waals surface area (Å²) in [5.41, 5.74) is 0.793. The summed E-state index contributed by atoms with van der Waals surface area (Å²) in [6, 6.07) is 5.99. The fourth-order valence-corrected chi connectivity index (χ4v) is 3.00. The van der Waals surface area contributed by atoms with Crippen LogP contribution >= 0.6 is 0 Å². The SMILES string of the molecule is CNCCN(C)C(=O)C1CCCN(C(=O)Cc2ccc(F)cc2)C1. The molecule has 2 amide bonds. The average molecular weight is 335 g/mol. The summed E-state index contributed by atoms with van der Waals surface area (Å²) in [6.45, 7) is 2.57. The molecule has 1 N–H and O–H groups in total. The molecule has 1 heterocycles. The smallest absolute Gasteiger partial charge is 0.227 e. The second kappa shape index (κ2) is 8.78. The Balaban J connectivity index is 1.90. The number of nitrogens with zero attached hydrogens (tertiary/aromatic N) is 2. The van der Waals surface area contributed by atoms with Gasteiger partial charge in [-0.25, -0.2) is 4.39 Å². The van der Waals surface area contributed by atoms with Crippen LogP contribution in [-0.2, 0) is 16.0 Å². The van der Waals surface area contributed by atoms with Gasteiger partial charge in [0.1, 0.15) is 5.82 Å². The lowest BCUT2D eigenvalue weighted by atomic mass is 9.96. The van der Waals surface area contributed by atoms with Gasteiger partial charge < -0.3 is 15.1 Å². The van der Waals surface area contributed by atoms with E-state index in [1.54, 1.807) is 29.0 Å². The predicted octanol–water partition coefficient (Wildman–Crippen LogP) is 1.28. The Kier molecular flexibility index (Phi) is 6.73. The zero-order valence-electron chi connectivity index (χ0n) is 14.4. The first-order valence-corrected chi connectivity index (χ1v) is 8.43. The van der Waals surface area contributed by atoms with E-state index in [1.165, 1.54) is 12.1 Å². The molecule has 0 aliphatic carbocycles. The summed E-state index contributed by atoms with van der Waals surface area (Å²) in [6.07, 6.45) is 1.91. The summed E-state index contributed by atoms with van der Waals surface area (Å²) in [7, 11) is 3.66. The molecule has 24 heavy (non-hydrogen) atoms. The monoisotopic (exact) mass is 335 g/mol. The van der Waals surface area contributed by atoms with Crippen molar-refractivity contribution in [1.82, 2.24) is 15.1 Å². The highest BCUT2D eigenvalue weighted by molar-refractivity contribution is 5.82. The Morgan fingerprint density at radius 3 is 2.71 bits per heavy atom. The number of nitrogens with one attached hydrogen (secondary N) is 1.